The summed E-state index contributed by atoms with van der Waals surface area (Å²) in [6, 6.07) is 22.8. The highest BCUT2D eigenvalue weighted by Gasteiger charge is 2.34. The number of amides is 2. The fourth-order valence-corrected chi connectivity index (χ4v) is 4.62. The zero-order valence-electron chi connectivity index (χ0n) is 21.4. The number of carbonyl (C=O) groups excluding carboxylic acids is 2. The molecule has 5 rings (SSSR count). The molecule has 4 aromatic rings. The van der Waals surface area contributed by atoms with E-state index in [9.17, 15) is 14.9 Å². The highest BCUT2D eigenvalue weighted by atomic mass is 16.5. The molecule has 0 spiro atoms. The second-order valence-corrected chi connectivity index (χ2v) is 9.17. The van der Waals surface area contributed by atoms with Gasteiger partial charge in [0.1, 0.15) is 24.5 Å². The van der Waals surface area contributed by atoms with Crippen molar-refractivity contribution in [2.24, 2.45) is 0 Å². The summed E-state index contributed by atoms with van der Waals surface area (Å²) in [7, 11) is 0. The van der Waals surface area contributed by atoms with Crippen molar-refractivity contribution in [2.45, 2.75) is 25.6 Å². The van der Waals surface area contributed by atoms with Gasteiger partial charge in [0.25, 0.3) is 5.91 Å². The molecule has 0 bridgehead atoms. The molecular weight excluding hydrogens is 496 g/mol. The highest BCUT2D eigenvalue weighted by Crippen LogP contribution is 2.33. The molecule has 2 atom stereocenters. The maximum atomic E-state index is 13.9. The average molecular weight is 525 g/mol. The maximum absolute atomic E-state index is 13.9. The van der Waals surface area contributed by atoms with Crippen LogP contribution >= 0.6 is 0 Å². The van der Waals surface area contributed by atoms with E-state index in [1.54, 1.807) is 40.8 Å². The lowest BCUT2D eigenvalue weighted by Crippen LogP contribution is -2.54. The minimum absolute atomic E-state index is 0.0322. The molecule has 198 valence electrons. The van der Waals surface area contributed by atoms with Gasteiger partial charge in [-0.2, -0.15) is 10.4 Å². The van der Waals surface area contributed by atoms with Gasteiger partial charge in [0.2, 0.25) is 5.91 Å². The number of nitrogens with zero attached hydrogens (tertiary/aromatic N) is 4. The first-order valence-electron chi connectivity index (χ1n) is 12.7. The smallest absolute Gasteiger partial charge is 0.253 e. The number of carbonyl (C=O) groups is 2. The van der Waals surface area contributed by atoms with E-state index in [1.807, 2.05) is 48.5 Å². The van der Waals surface area contributed by atoms with Crippen molar-refractivity contribution in [3.8, 4) is 17.5 Å². The van der Waals surface area contributed by atoms with Crippen LogP contribution in [0.3, 0.4) is 0 Å². The molecule has 3 N–H and O–H groups in total. The first-order chi connectivity index (χ1) is 19.0. The van der Waals surface area contributed by atoms with Gasteiger partial charge in [0, 0.05) is 11.9 Å². The average Bonchev–Trinajstić information content (AvgIpc) is 3.28. The Morgan fingerprint density at radius 2 is 1.85 bits per heavy atom. The van der Waals surface area contributed by atoms with Crippen LogP contribution in [-0.2, 0) is 16.1 Å². The molecule has 10 nitrogen and oxygen atoms in total. The van der Waals surface area contributed by atoms with Crippen LogP contribution in [0, 0.1) is 11.3 Å². The lowest BCUT2D eigenvalue weighted by atomic mass is 10.1. The Morgan fingerprint density at radius 3 is 2.64 bits per heavy atom. The lowest BCUT2D eigenvalue weighted by molar-refractivity contribution is -0.129. The predicted octanol–water partition coefficient (Wildman–Crippen LogP) is 2.28. The van der Waals surface area contributed by atoms with E-state index >= 15 is 0 Å². The Labute approximate surface area is 225 Å². The summed E-state index contributed by atoms with van der Waals surface area (Å²) in [6.07, 6.45) is 0. The molecule has 0 aliphatic carbocycles. The Kier molecular flexibility index (Phi) is 7.54. The van der Waals surface area contributed by atoms with Crippen molar-refractivity contribution in [3.05, 3.63) is 84.1 Å². The van der Waals surface area contributed by atoms with Gasteiger partial charge in [-0.1, -0.05) is 42.5 Å². The molecule has 1 aliphatic rings. The van der Waals surface area contributed by atoms with Crippen molar-refractivity contribution in [2.75, 3.05) is 24.7 Å². The predicted molar refractivity (Wildman–Crippen MR) is 145 cm³/mol. The third-order valence-electron chi connectivity index (χ3n) is 6.62. The van der Waals surface area contributed by atoms with Gasteiger partial charge in [-0.25, -0.2) is 4.68 Å². The Hall–Kier alpha value is -4.72. The first kappa shape index (κ1) is 25.9. The maximum Gasteiger partial charge on any atom is 0.253 e. The minimum Gasteiger partial charge on any atom is -0.489 e. The van der Waals surface area contributed by atoms with Crippen molar-refractivity contribution in [1.82, 2.24) is 20.4 Å². The molecule has 1 aliphatic heterocycles. The number of fused-ring (bicyclic) bond motifs is 2. The van der Waals surface area contributed by atoms with Crippen LogP contribution in [0.1, 0.15) is 18.2 Å². The summed E-state index contributed by atoms with van der Waals surface area (Å²) in [5.41, 5.74) is 3.13. The molecule has 0 saturated carbocycles. The van der Waals surface area contributed by atoms with Gasteiger partial charge < -0.3 is 25.4 Å². The van der Waals surface area contributed by atoms with Gasteiger partial charge in [-0.15, -0.1) is 0 Å². The lowest BCUT2D eigenvalue weighted by Gasteiger charge is -2.25. The molecule has 1 aromatic heterocycles. The van der Waals surface area contributed by atoms with E-state index in [2.05, 4.69) is 16.7 Å². The standard InChI is InChI=1S/C29H28N6O4/c1-19(31-14-15-36)28(37)32-23-18-39-27-13-7-6-12-26(27)34(29(23)38)17-22-21-9-3-5-11-25(21)35(33-22)24-10-4-2-8-20(24)16-30/h2-13,19,23,31,36H,14-15,17-18H2,1H3,(H,32,37). The zero-order valence-corrected chi connectivity index (χ0v) is 21.4. The Morgan fingerprint density at radius 1 is 1.13 bits per heavy atom. The van der Waals surface area contributed by atoms with Crippen molar-refractivity contribution >= 4 is 28.4 Å². The summed E-state index contributed by atoms with van der Waals surface area (Å²) in [5, 5.41) is 30.1. The van der Waals surface area contributed by atoms with Gasteiger partial charge in [-0.05, 0) is 37.3 Å². The number of nitriles is 1. The van der Waals surface area contributed by atoms with Gasteiger partial charge in [0.15, 0.2) is 0 Å². The first-order valence-corrected chi connectivity index (χ1v) is 12.7. The number of aliphatic hydroxyl groups is 1. The molecule has 2 heterocycles. The summed E-state index contributed by atoms with van der Waals surface area (Å²) in [5.74, 6) is -0.189. The second kappa shape index (κ2) is 11.3. The number of nitrogens with one attached hydrogen (secondary N) is 2. The van der Waals surface area contributed by atoms with Gasteiger partial charge >= 0.3 is 0 Å². The number of hydrogen-bond acceptors (Lipinski definition) is 7. The summed E-state index contributed by atoms with van der Waals surface area (Å²) in [6.45, 7) is 1.90. The van der Waals surface area contributed by atoms with Crippen LogP contribution in [-0.4, -0.2) is 58.5 Å². The van der Waals surface area contributed by atoms with E-state index in [1.165, 1.54) is 0 Å². The van der Waals surface area contributed by atoms with Crippen LogP contribution in [0.5, 0.6) is 5.75 Å². The molecule has 2 unspecified atom stereocenters. The van der Waals surface area contributed by atoms with E-state index < -0.39 is 12.1 Å². The molecule has 0 radical (unpaired) electrons. The summed E-state index contributed by atoms with van der Waals surface area (Å²) < 4.78 is 7.68. The Balaban J connectivity index is 1.52. The number of anilines is 1. The summed E-state index contributed by atoms with van der Waals surface area (Å²) >= 11 is 0. The van der Waals surface area contributed by atoms with Crippen molar-refractivity contribution in [3.63, 3.8) is 0 Å². The van der Waals surface area contributed by atoms with Crippen LogP contribution in [0.15, 0.2) is 72.8 Å². The Bertz CT molecular complexity index is 1560. The monoisotopic (exact) mass is 524 g/mol. The minimum atomic E-state index is -0.934. The van der Waals surface area contributed by atoms with Gasteiger partial charge in [0.05, 0.1) is 47.3 Å². The normalized spacial score (nSPS) is 15.7. The largest absolute Gasteiger partial charge is 0.489 e. The number of aliphatic hydroxyl groups excluding tert-OH is 1. The van der Waals surface area contributed by atoms with E-state index in [0.29, 0.717) is 28.4 Å². The number of para-hydroxylation sites is 4. The SMILES string of the molecule is CC(NCCO)C(=O)NC1COc2ccccc2N(Cc2nn(-c3ccccc3C#N)c3ccccc23)C1=O. The molecule has 10 heteroatoms. The van der Waals surface area contributed by atoms with Crippen LogP contribution < -0.4 is 20.3 Å². The molecule has 3 aromatic carbocycles. The van der Waals surface area contributed by atoms with E-state index in [-0.39, 0.29) is 38.1 Å². The van der Waals surface area contributed by atoms with Crippen LogP contribution in [0.4, 0.5) is 5.69 Å². The van der Waals surface area contributed by atoms with E-state index in [4.69, 9.17) is 14.9 Å². The number of ether oxygens (including phenoxy) is 1. The summed E-state index contributed by atoms with van der Waals surface area (Å²) in [4.78, 5) is 28.3. The van der Waals surface area contributed by atoms with Crippen LogP contribution in [0.2, 0.25) is 0 Å². The number of benzene rings is 3. The topological polar surface area (TPSA) is 133 Å². The fourth-order valence-electron chi connectivity index (χ4n) is 4.62. The molecule has 0 fully saturated rings. The molecule has 0 saturated heterocycles. The third-order valence-corrected chi connectivity index (χ3v) is 6.62. The number of aromatic nitrogens is 2. The molecular formula is C29H28N6O4. The molecule has 2 amide bonds. The van der Waals surface area contributed by atoms with E-state index in [0.717, 1.165) is 10.9 Å². The van der Waals surface area contributed by atoms with Crippen molar-refractivity contribution < 1.29 is 19.4 Å². The second-order valence-electron chi connectivity index (χ2n) is 9.17. The van der Waals surface area contributed by atoms with Gasteiger partial charge in [-0.3, -0.25) is 9.59 Å². The molecule has 39 heavy (non-hydrogen) atoms. The van der Waals surface area contributed by atoms with Crippen molar-refractivity contribution in [1.29, 1.82) is 5.26 Å². The van der Waals surface area contributed by atoms with Crippen LogP contribution in [0.25, 0.3) is 16.6 Å². The number of hydrogen-bond donors (Lipinski definition) is 3. The highest BCUT2D eigenvalue weighted by molar-refractivity contribution is 6.01. The quantitative estimate of drug-likeness (QED) is 0.322. The third kappa shape index (κ3) is 5.18. The zero-order chi connectivity index (χ0) is 27.4. The fraction of sp³-hybridized carbons (Fsp3) is 0.241. The number of rotatable bonds is 8.